The Kier molecular flexibility index (Phi) is 5.99. The number of hydrogen-bond donors (Lipinski definition) is 1. The molecule has 0 saturated carbocycles. The Hall–Kier alpha value is -2.88. The maximum Gasteiger partial charge on any atom is 0.267 e. The first-order valence-electron chi connectivity index (χ1n) is 9.29. The summed E-state index contributed by atoms with van der Waals surface area (Å²) >= 11 is 3.96. The lowest BCUT2D eigenvalue weighted by Gasteiger charge is -2.22. The topological polar surface area (TPSA) is 49.9 Å². The Balaban J connectivity index is 1.54. The molecule has 0 aliphatic carbocycles. The first-order valence-corrected chi connectivity index (χ1v) is 11.1. The summed E-state index contributed by atoms with van der Waals surface area (Å²) in [4.78, 5) is -0.0388. The van der Waals surface area contributed by atoms with Gasteiger partial charge in [0.1, 0.15) is 18.0 Å². The second-order valence-corrected chi connectivity index (χ2v) is 9.28. The smallest absolute Gasteiger partial charge is 0.267 e. The van der Waals surface area contributed by atoms with Gasteiger partial charge in [0.2, 0.25) is 0 Å². The van der Waals surface area contributed by atoms with Gasteiger partial charge in [-0.3, -0.25) is 5.01 Å². The van der Waals surface area contributed by atoms with E-state index < -0.39 is 27.3 Å². The molecule has 5 nitrogen and oxygen atoms in total. The number of para-hydroxylation sites is 1. The molecule has 31 heavy (non-hydrogen) atoms. The van der Waals surface area contributed by atoms with Crippen LogP contribution in [0.3, 0.4) is 0 Å². The Labute approximate surface area is 184 Å². The van der Waals surface area contributed by atoms with Crippen molar-refractivity contribution in [3.8, 4) is 5.75 Å². The summed E-state index contributed by atoms with van der Waals surface area (Å²) in [5.41, 5.74) is 1.15. The number of thiol groups is 1. The van der Waals surface area contributed by atoms with Crippen LogP contribution in [0.1, 0.15) is 11.1 Å². The van der Waals surface area contributed by atoms with Crippen LogP contribution in [0.15, 0.2) is 77.7 Å². The minimum Gasteiger partial charge on any atom is -0.489 e. The van der Waals surface area contributed by atoms with Crippen LogP contribution in [-0.2, 0) is 16.6 Å². The highest BCUT2D eigenvalue weighted by Crippen LogP contribution is 2.36. The fourth-order valence-corrected chi connectivity index (χ4v) is 4.78. The molecular formula is C22H18F2N2O3S2. The summed E-state index contributed by atoms with van der Waals surface area (Å²) in [7, 11) is -4.03. The van der Waals surface area contributed by atoms with E-state index in [9.17, 15) is 17.2 Å². The number of hydrazine groups is 1. The molecule has 0 atom stereocenters. The predicted molar refractivity (Wildman–Crippen MR) is 119 cm³/mol. The highest BCUT2D eigenvalue weighted by Gasteiger charge is 2.40. The van der Waals surface area contributed by atoms with Gasteiger partial charge in [0.05, 0.1) is 11.4 Å². The zero-order chi connectivity index (χ0) is 22.0. The van der Waals surface area contributed by atoms with Gasteiger partial charge in [-0.1, -0.05) is 65.2 Å². The molecule has 0 spiro atoms. The quantitative estimate of drug-likeness (QED) is 0.556. The molecule has 4 rings (SSSR count). The van der Waals surface area contributed by atoms with Crippen molar-refractivity contribution in [1.82, 2.24) is 3.82 Å². The normalized spacial score (nSPS) is 17.3. The number of hydrogen-bond acceptors (Lipinski definition) is 5. The predicted octanol–water partition coefficient (Wildman–Crippen LogP) is 4.80. The van der Waals surface area contributed by atoms with Crippen molar-refractivity contribution in [2.45, 2.75) is 6.61 Å². The molecule has 3 aromatic carbocycles. The molecular weight excluding hydrogens is 442 g/mol. The van der Waals surface area contributed by atoms with Crippen LogP contribution in [0.2, 0.25) is 0 Å². The van der Waals surface area contributed by atoms with E-state index in [2.05, 4.69) is 12.8 Å². The lowest BCUT2D eigenvalue weighted by molar-refractivity contribution is 0.306. The summed E-state index contributed by atoms with van der Waals surface area (Å²) in [6, 6.07) is 19.9. The summed E-state index contributed by atoms with van der Waals surface area (Å²) in [6.07, 6.45) is 1.44. The summed E-state index contributed by atoms with van der Waals surface area (Å²) < 4.78 is 60.0. The molecule has 0 unspecified atom stereocenters. The number of nitrogens with zero attached hydrogens (tertiary/aromatic N) is 2. The van der Waals surface area contributed by atoms with E-state index in [0.717, 1.165) is 22.7 Å². The van der Waals surface area contributed by atoms with Crippen molar-refractivity contribution in [2.75, 3.05) is 11.6 Å². The Bertz CT molecular complexity index is 1200. The largest absolute Gasteiger partial charge is 0.489 e. The highest BCUT2D eigenvalue weighted by atomic mass is 32.3. The summed E-state index contributed by atoms with van der Waals surface area (Å²) in [5, 5.41) is 0.937. The van der Waals surface area contributed by atoms with Gasteiger partial charge in [-0.05, 0) is 41.5 Å². The molecule has 1 saturated heterocycles. The van der Waals surface area contributed by atoms with Gasteiger partial charge >= 0.3 is 0 Å². The van der Waals surface area contributed by atoms with Gasteiger partial charge < -0.3 is 4.74 Å². The average Bonchev–Trinajstić information content (AvgIpc) is 2.97. The van der Waals surface area contributed by atoms with Gasteiger partial charge in [-0.15, -0.1) is 0 Å². The summed E-state index contributed by atoms with van der Waals surface area (Å²) in [6.45, 7) is 0.156. The Morgan fingerprint density at radius 2 is 1.58 bits per heavy atom. The van der Waals surface area contributed by atoms with Crippen molar-refractivity contribution >= 4 is 34.6 Å². The molecule has 1 fully saturated rings. The number of halogens is 2. The third-order valence-corrected chi connectivity index (χ3v) is 7.11. The fourth-order valence-electron chi connectivity index (χ4n) is 3.13. The monoisotopic (exact) mass is 460 g/mol. The highest BCUT2D eigenvalue weighted by molar-refractivity contribution is 8.02. The van der Waals surface area contributed by atoms with Gasteiger partial charge in [0.15, 0.2) is 11.6 Å². The van der Waals surface area contributed by atoms with Crippen LogP contribution in [0.5, 0.6) is 5.75 Å². The van der Waals surface area contributed by atoms with E-state index >= 15 is 0 Å². The van der Waals surface area contributed by atoms with Crippen molar-refractivity contribution in [3.05, 3.63) is 100 Å². The third kappa shape index (κ3) is 4.43. The molecule has 0 radical (unpaired) electrons. The van der Waals surface area contributed by atoms with E-state index in [-0.39, 0.29) is 11.4 Å². The maximum atomic E-state index is 14.2. The van der Waals surface area contributed by atoms with Crippen molar-refractivity contribution < 1.29 is 21.9 Å². The van der Waals surface area contributed by atoms with Crippen LogP contribution in [0, 0.1) is 11.6 Å². The molecule has 1 aliphatic heterocycles. The number of benzene rings is 3. The molecule has 0 N–H and O–H groups in total. The van der Waals surface area contributed by atoms with Gasteiger partial charge in [-0.2, -0.15) is 0 Å². The minimum atomic E-state index is -4.03. The van der Waals surface area contributed by atoms with E-state index in [1.54, 1.807) is 24.3 Å². The van der Waals surface area contributed by atoms with E-state index in [1.165, 1.54) is 12.1 Å². The number of sulfonamides is 1. The van der Waals surface area contributed by atoms with Gasteiger partial charge in [0, 0.05) is 0 Å². The lowest BCUT2D eigenvalue weighted by atomic mass is 10.2. The van der Waals surface area contributed by atoms with E-state index in [1.807, 2.05) is 30.3 Å². The Morgan fingerprint density at radius 3 is 2.23 bits per heavy atom. The molecule has 1 aliphatic rings. The van der Waals surface area contributed by atoms with Gasteiger partial charge in [0.25, 0.3) is 10.0 Å². The third-order valence-electron chi connectivity index (χ3n) is 4.71. The lowest BCUT2D eigenvalue weighted by Crippen LogP contribution is -2.32. The molecule has 9 heteroatoms. The van der Waals surface area contributed by atoms with Crippen molar-refractivity contribution in [1.29, 1.82) is 0 Å². The Morgan fingerprint density at radius 1 is 0.935 bits per heavy atom. The van der Waals surface area contributed by atoms with Crippen LogP contribution in [0.25, 0.3) is 6.08 Å². The van der Waals surface area contributed by atoms with Crippen LogP contribution in [-0.4, -0.2) is 18.8 Å². The van der Waals surface area contributed by atoms with Crippen molar-refractivity contribution in [2.24, 2.45) is 0 Å². The van der Waals surface area contributed by atoms with Gasteiger partial charge in [-0.25, -0.2) is 17.2 Å². The number of ether oxygens (including phenoxy) is 1. The number of anilines is 1. The molecule has 3 aromatic rings. The van der Waals surface area contributed by atoms with Crippen LogP contribution >= 0.6 is 12.8 Å². The van der Waals surface area contributed by atoms with E-state index in [4.69, 9.17) is 4.74 Å². The van der Waals surface area contributed by atoms with Crippen molar-refractivity contribution in [3.63, 3.8) is 0 Å². The fraction of sp³-hybridized carbons (Fsp3) is 0.0909. The standard InChI is InChI=1S/C22H18F2N2O3S2/c23-20-7-4-8-21(24)22(20)25-14-19(31(27,28)26(25)30)13-16-9-11-18(12-10-16)29-15-17-5-2-1-3-6-17/h1-13,30H,14-15H2/b19-13-. The second-order valence-electron chi connectivity index (χ2n) is 6.81. The van der Waals surface area contributed by atoms with Crippen LogP contribution < -0.4 is 9.75 Å². The average molecular weight is 461 g/mol. The van der Waals surface area contributed by atoms with E-state index in [0.29, 0.717) is 21.7 Å². The zero-order valence-electron chi connectivity index (χ0n) is 16.2. The zero-order valence-corrected chi connectivity index (χ0v) is 17.9. The SMILES string of the molecule is O=S1(=O)/C(=C\c2ccc(OCc3ccccc3)cc2)CN(c2c(F)cccc2F)N1S. The minimum absolute atomic E-state index is 0.0388. The maximum absolute atomic E-state index is 14.2. The summed E-state index contributed by atoms with van der Waals surface area (Å²) in [5.74, 6) is -1.13. The number of rotatable bonds is 5. The first kappa shape index (κ1) is 21.4. The molecule has 0 bridgehead atoms. The molecule has 0 aromatic heterocycles. The van der Waals surface area contributed by atoms with Crippen LogP contribution in [0.4, 0.5) is 14.5 Å². The molecule has 1 heterocycles. The molecule has 0 amide bonds. The molecule has 160 valence electrons. The first-order chi connectivity index (χ1) is 14.9. The second kappa shape index (κ2) is 8.70.